The second-order valence-corrected chi connectivity index (χ2v) is 7.93. The van der Waals surface area contributed by atoms with E-state index in [1.54, 1.807) is 39.0 Å². The summed E-state index contributed by atoms with van der Waals surface area (Å²) in [6.45, 7) is 0.312. The first-order valence-electron chi connectivity index (χ1n) is 9.23. The van der Waals surface area contributed by atoms with Crippen molar-refractivity contribution in [3.63, 3.8) is 0 Å². The zero-order chi connectivity index (χ0) is 22.0. The Hall–Kier alpha value is -3.06. The van der Waals surface area contributed by atoms with E-state index in [0.29, 0.717) is 28.5 Å². The van der Waals surface area contributed by atoms with Crippen LogP contribution in [0.4, 0.5) is 0 Å². The maximum atomic E-state index is 9.62. The van der Waals surface area contributed by atoms with E-state index in [4.69, 9.17) is 26.4 Å². The van der Waals surface area contributed by atoms with E-state index in [0.717, 1.165) is 26.8 Å². The molecule has 1 aliphatic carbocycles. The molecule has 156 valence electrons. The van der Waals surface area contributed by atoms with E-state index in [9.17, 15) is 5.26 Å². The molecule has 3 aromatic rings. The number of methoxy groups -OCH3 is 2. The lowest BCUT2D eigenvalue weighted by Crippen LogP contribution is -2.25. The summed E-state index contributed by atoms with van der Waals surface area (Å²) >= 11 is 8.97. The Morgan fingerprint density at radius 2 is 2.03 bits per heavy atom. The molecule has 2 aromatic heterocycles. The van der Waals surface area contributed by atoms with Crippen LogP contribution in [0.25, 0.3) is 16.7 Å². The number of allylic oxidation sites excluding steroid dienone is 2. The fourth-order valence-corrected chi connectivity index (χ4v) is 3.86. The summed E-state index contributed by atoms with van der Waals surface area (Å²) in [7, 11) is 3.16. The van der Waals surface area contributed by atoms with Crippen LogP contribution in [0, 0.1) is 11.3 Å². The van der Waals surface area contributed by atoms with Gasteiger partial charge in [0, 0.05) is 34.7 Å². The zero-order valence-corrected chi connectivity index (χ0v) is 19.1. The lowest BCUT2D eigenvalue weighted by Gasteiger charge is -2.21. The second-order valence-electron chi connectivity index (χ2n) is 6.63. The number of ether oxygens (including phenoxy) is 3. The predicted octanol–water partition coefficient (Wildman–Crippen LogP) is 4.47. The molecule has 0 radical (unpaired) electrons. The van der Waals surface area contributed by atoms with Gasteiger partial charge in [-0.1, -0.05) is 12.2 Å². The zero-order valence-electron chi connectivity index (χ0n) is 16.7. The maximum absolute atomic E-state index is 9.62. The number of benzene rings is 1. The average Bonchev–Trinajstić information content (AvgIpc) is 3.21. The van der Waals surface area contributed by atoms with Gasteiger partial charge in [-0.25, -0.2) is 4.98 Å². The molecule has 1 aromatic carbocycles. The smallest absolute Gasteiger partial charge is 0.163 e. The maximum Gasteiger partial charge on any atom is 0.163 e. The Bertz CT molecular complexity index is 1280. The normalized spacial score (nSPS) is 15.9. The second kappa shape index (κ2) is 8.98. The van der Waals surface area contributed by atoms with E-state index in [1.165, 1.54) is 0 Å². The number of hydrogen-bond donors (Lipinski definition) is 0. The van der Waals surface area contributed by atoms with Gasteiger partial charge in [0.1, 0.15) is 18.5 Å². The molecule has 0 aliphatic heterocycles. The SMILES string of the molecule is COc1cc2ncn(C3=CC(OCc4ccncc4Br)C(=S)C(C#N)=C3)c2cc1OC. The summed E-state index contributed by atoms with van der Waals surface area (Å²) in [5.74, 6) is 1.18. The van der Waals surface area contributed by atoms with Crippen molar-refractivity contribution in [3.05, 3.63) is 64.7 Å². The molecule has 31 heavy (non-hydrogen) atoms. The van der Waals surface area contributed by atoms with Crippen LogP contribution < -0.4 is 9.47 Å². The first kappa shape index (κ1) is 21.2. The molecule has 1 atom stereocenters. The number of aromatic nitrogens is 3. The lowest BCUT2D eigenvalue weighted by atomic mass is 10.0. The van der Waals surface area contributed by atoms with Crippen LogP contribution in [0.3, 0.4) is 0 Å². The number of thiocarbonyl (C=S) groups is 1. The minimum Gasteiger partial charge on any atom is -0.493 e. The number of imidazole rings is 1. The molecule has 0 spiro atoms. The van der Waals surface area contributed by atoms with Gasteiger partial charge in [-0.05, 0) is 39.7 Å². The van der Waals surface area contributed by atoms with Crippen molar-refractivity contribution in [2.75, 3.05) is 14.2 Å². The molecule has 2 heterocycles. The molecule has 7 nitrogen and oxygen atoms in total. The third-order valence-corrected chi connectivity index (χ3v) is 6.03. The highest BCUT2D eigenvalue weighted by atomic mass is 79.9. The summed E-state index contributed by atoms with van der Waals surface area (Å²) in [4.78, 5) is 8.97. The fraction of sp³-hybridized carbons (Fsp3) is 0.182. The van der Waals surface area contributed by atoms with Gasteiger partial charge in [0.15, 0.2) is 11.5 Å². The monoisotopic (exact) mass is 496 g/mol. The Kier molecular flexibility index (Phi) is 6.13. The standard InChI is InChI=1S/C22H17BrN4O3S/c1-28-19-7-17-18(8-20(19)29-2)27(12-26-17)15-5-14(9-24)22(31)21(6-15)30-11-13-3-4-25-10-16(13)23/h3-8,10,12,21H,11H2,1-2H3. The lowest BCUT2D eigenvalue weighted by molar-refractivity contribution is 0.114. The van der Waals surface area contributed by atoms with Crippen molar-refractivity contribution in [1.29, 1.82) is 5.26 Å². The number of fused-ring (bicyclic) bond motifs is 1. The highest BCUT2D eigenvalue weighted by Crippen LogP contribution is 2.34. The summed E-state index contributed by atoms with van der Waals surface area (Å²) in [5.41, 5.74) is 3.59. The van der Waals surface area contributed by atoms with Crippen molar-refractivity contribution < 1.29 is 14.2 Å². The van der Waals surface area contributed by atoms with Crippen LogP contribution in [-0.4, -0.2) is 39.7 Å². The number of halogens is 1. The molecular weight excluding hydrogens is 480 g/mol. The molecule has 9 heteroatoms. The highest BCUT2D eigenvalue weighted by molar-refractivity contribution is 9.10. The fourth-order valence-electron chi connectivity index (χ4n) is 3.25. The quantitative estimate of drug-likeness (QED) is 0.465. The van der Waals surface area contributed by atoms with E-state index < -0.39 is 6.10 Å². The van der Waals surface area contributed by atoms with Gasteiger partial charge in [-0.2, -0.15) is 5.26 Å². The van der Waals surface area contributed by atoms with Crippen molar-refractivity contribution in [2.45, 2.75) is 12.7 Å². The molecule has 0 saturated heterocycles. The van der Waals surface area contributed by atoms with E-state index in [1.807, 2.05) is 28.8 Å². The number of nitriles is 1. The van der Waals surface area contributed by atoms with Crippen LogP contribution in [0.1, 0.15) is 5.56 Å². The number of hydrogen-bond acceptors (Lipinski definition) is 7. The number of rotatable bonds is 6. The summed E-state index contributed by atoms with van der Waals surface area (Å²) in [6, 6.07) is 7.70. The van der Waals surface area contributed by atoms with Crippen LogP contribution in [0.5, 0.6) is 11.5 Å². The average molecular weight is 497 g/mol. The van der Waals surface area contributed by atoms with Gasteiger partial charge >= 0.3 is 0 Å². The van der Waals surface area contributed by atoms with Crippen LogP contribution in [0.2, 0.25) is 0 Å². The van der Waals surface area contributed by atoms with Gasteiger partial charge in [0.05, 0.1) is 42.3 Å². The third-order valence-electron chi connectivity index (χ3n) is 4.86. The van der Waals surface area contributed by atoms with Gasteiger partial charge in [0.2, 0.25) is 0 Å². The molecule has 1 aliphatic rings. The predicted molar refractivity (Wildman–Crippen MR) is 124 cm³/mol. The van der Waals surface area contributed by atoms with E-state index >= 15 is 0 Å². The molecule has 0 fully saturated rings. The molecule has 4 rings (SSSR count). The number of nitrogens with zero attached hydrogens (tertiary/aromatic N) is 4. The number of pyridine rings is 1. The van der Waals surface area contributed by atoms with Gasteiger partial charge in [0.25, 0.3) is 0 Å². The summed E-state index contributed by atoms with van der Waals surface area (Å²) < 4.78 is 19.6. The Morgan fingerprint density at radius 3 is 2.74 bits per heavy atom. The molecule has 0 N–H and O–H groups in total. The van der Waals surface area contributed by atoms with Crippen LogP contribution in [0.15, 0.2) is 59.1 Å². The molecular formula is C22H17BrN4O3S. The third kappa shape index (κ3) is 4.10. The van der Waals surface area contributed by atoms with Crippen molar-refractivity contribution in [2.24, 2.45) is 0 Å². The molecule has 0 amide bonds. The van der Waals surface area contributed by atoms with Gasteiger partial charge < -0.3 is 14.2 Å². The van der Waals surface area contributed by atoms with Crippen molar-refractivity contribution in [3.8, 4) is 17.6 Å². The Labute approximate surface area is 192 Å². The van der Waals surface area contributed by atoms with Gasteiger partial charge in [-0.3, -0.25) is 9.55 Å². The largest absolute Gasteiger partial charge is 0.493 e. The van der Waals surface area contributed by atoms with E-state index in [2.05, 4.69) is 32.0 Å². The van der Waals surface area contributed by atoms with Crippen LogP contribution in [-0.2, 0) is 11.3 Å². The van der Waals surface area contributed by atoms with Crippen LogP contribution >= 0.6 is 28.1 Å². The minimum atomic E-state index is -0.540. The summed E-state index contributed by atoms with van der Waals surface area (Å²) in [5, 5.41) is 9.62. The molecule has 0 saturated carbocycles. The Morgan fingerprint density at radius 1 is 1.26 bits per heavy atom. The topological polar surface area (TPSA) is 82.2 Å². The van der Waals surface area contributed by atoms with Crippen molar-refractivity contribution >= 4 is 49.7 Å². The molecule has 1 unspecified atom stereocenters. The minimum absolute atomic E-state index is 0.312. The van der Waals surface area contributed by atoms with Crippen molar-refractivity contribution in [1.82, 2.24) is 14.5 Å². The van der Waals surface area contributed by atoms with E-state index in [-0.39, 0.29) is 0 Å². The molecule has 0 bridgehead atoms. The summed E-state index contributed by atoms with van der Waals surface area (Å²) in [6.07, 6.45) is 8.18. The first-order chi connectivity index (χ1) is 15.0. The highest BCUT2D eigenvalue weighted by Gasteiger charge is 2.24. The Balaban J connectivity index is 1.72. The first-order valence-corrected chi connectivity index (χ1v) is 10.4. The van der Waals surface area contributed by atoms with Gasteiger partial charge in [-0.15, -0.1) is 0 Å².